The van der Waals surface area contributed by atoms with Crippen LogP contribution in [0.15, 0.2) is 42.6 Å². The predicted molar refractivity (Wildman–Crippen MR) is 123 cm³/mol. The van der Waals surface area contributed by atoms with Crippen LogP contribution in [0.5, 0.6) is 0 Å². The minimum absolute atomic E-state index is 0.0566. The Bertz CT molecular complexity index is 935. The first-order valence-corrected chi connectivity index (χ1v) is 11.2. The molecule has 1 N–H and O–H groups in total. The zero-order chi connectivity index (χ0) is 21.8. The standard InChI is InChI=1S/C22H25Cl2N5O2/c23-16-6-7-17(24)18(14-16)26-22(31)19-4-3-9-29(19)15-21(30)28-12-10-27(11-13-28)20-5-1-2-8-25-20/h1-2,5-8,14,19H,3-4,9-13,15H2,(H,26,31). The molecule has 31 heavy (non-hydrogen) atoms. The molecule has 1 unspecified atom stereocenters. The summed E-state index contributed by atoms with van der Waals surface area (Å²) >= 11 is 12.2. The molecule has 1 aromatic carbocycles. The summed E-state index contributed by atoms with van der Waals surface area (Å²) in [6.07, 6.45) is 3.37. The highest BCUT2D eigenvalue weighted by atomic mass is 35.5. The van der Waals surface area contributed by atoms with Crippen molar-refractivity contribution < 1.29 is 9.59 Å². The molecule has 3 heterocycles. The third kappa shape index (κ3) is 5.29. The van der Waals surface area contributed by atoms with Crippen molar-refractivity contribution in [1.82, 2.24) is 14.8 Å². The SMILES string of the molecule is O=C(Nc1cc(Cl)ccc1Cl)C1CCCN1CC(=O)N1CCN(c2ccccn2)CC1. The van der Waals surface area contributed by atoms with Crippen LogP contribution in [0.1, 0.15) is 12.8 Å². The van der Waals surface area contributed by atoms with Gasteiger partial charge in [0.25, 0.3) is 0 Å². The van der Waals surface area contributed by atoms with E-state index in [2.05, 4.69) is 15.2 Å². The summed E-state index contributed by atoms with van der Waals surface area (Å²) in [5, 5.41) is 3.80. The average molecular weight is 462 g/mol. The third-order valence-electron chi connectivity index (χ3n) is 5.80. The number of nitrogens with zero attached hydrogens (tertiary/aromatic N) is 4. The van der Waals surface area contributed by atoms with Gasteiger partial charge in [-0.2, -0.15) is 0 Å². The van der Waals surface area contributed by atoms with Gasteiger partial charge < -0.3 is 15.1 Å². The fraction of sp³-hybridized carbons (Fsp3) is 0.409. The van der Waals surface area contributed by atoms with E-state index in [1.165, 1.54) is 0 Å². The van der Waals surface area contributed by atoms with Gasteiger partial charge in [0.05, 0.1) is 23.3 Å². The average Bonchev–Trinajstić information content (AvgIpc) is 3.25. The summed E-state index contributed by atoms with van der Waals surface area (Å²) in [5.74, 6) is 0.834. The Balaban J connectivity index is 1.31. The molecule has 1 atom stereocenters. The van der Waals surface area contributed by atoms with Crippen molar-refractivity contribution in [3.63, 3.8) is 0 Å². The number of piperazine rings is 1. The highest BCUT2D eigenvalue weighted by Gasteiger charge is 2.33. The van der Waals surface area contributed by atoms with Crippen LogP contribution in [0.4, 0.5) is 11.5 Å². The first-order chi connectivity index (χ1) is 15.0. The minimum atomic E-state index is -0.353. The number of nitrogens with one attached hydrogen (secondary N) is 1. The molecular weight excluding hydrogens is 437 g/mol. The largest absolute Gasteiger partial charge is 0.353 e. The summed E-state index contributed by atoms with van der Waals surface area (Å²) in [5.41, 5.74) is 0.489. The summed E-state index contributed by atoms with van der Waals surface area (Å²) in [7, 11) is 0. The number of halogens is 2. The Hall–Kier alpha value is -2.35. The second-order valence-corrected chi connectivity index (χ2v) is 8.64. The number of hydrogen-bond donors (Lipinski definition) is 1. The van der Waals surface area contributed by atoms with Crippen LogP contribution in [0, 0.1) is 0 Å². The number of benzene rings is 1. The molecule has 0 bridgehead atoms. The number of aromatic nitrogens is 1. The quantitative estimate of drug-likeness (QED) is 0.740. The first kappa shape index (κ1) is 21.9. The van der Waals surface area contributed by atoms with Crippen molar-refractivity contribution in [2.24, 2.45) is 0 Å². The van der Waals surface area contributed by atoms with E-state index in [-0.39, 0.29) is 24.4 Å². The van der Waals surface area contributed by atoms with E-state index in [1.54, 1.807) is 24.4 Å². The van der Waals surface area contributed by atoms with Crippen LogP contribution in [-0.4, -0.2) is 71.9 Å². The van der Waals surface area contributed by atoms with Gasteiger partial charge >= 0.3 is 0 Å². The number of hydrogen-bond acceptors (Lipinski definition) is 5. The molecule has 0 saturated carbocycles. The van der Waals surface area contributed by atoms with Gasteiger partial charge in [-0.25, -0.2) is 4.98 Å². The Morgan fingerprint density at radius 2 is 1.87 bits per heavy atom. The van der Waals surface area contributed by atoms with Crippen LogP contribution in [-0.2, 0) is 9.59 Å². The van der Waals surface area contributed by atoms with Crippen molar-refractivity contribution in [2.75, 3.05) is 49.5 Å². The topological polar surface area (TPSA) is 68.8 Å². The fourth-order valence-electron chi connectivity index (χ4n) is 4.12. The molecule has 1 aromatic heterocycles. The van der Waals surface area contributed by atoms with E-state index < -0.39 is 0 Å². The van der Waals surface area contributed by atoms with Gasteiger partial charge in [0.2, 0.25) is 11.8 Å². The van der Waals surface area contributed by atoms with Crippen LogP contribution < -0.4 is 10.2 Å². The van der Waals surface area contributed by atoms with E-state index in [0.29, 0.717) is 35.2 Å². The van der Waals surface area contributed by atoms with E-state index >= 15 is 0 Å². The van der Waals surface area contributed by atoms with Gasteiger partial charge in [-0.1, -0.05) is 29.3 Å². The lowest BCUT2D eigenvalue weighted by atomic mass is 10.2. The lowest BCUT2D eigenvalue weighted by Gasteiger charge is -2.36. The van der Waals surface area contributed by atoms with Gasteiger partial charge in [0.1, 0.15) is 5.82 Å². The monoisotopic (exact) mass is 461 g/mol. The van der Waals surface area contributed by atoms with Crippen LogP contribution >= 0.6 is 23.2 Å². The zero-order valence-electron chi connectivity index (χ0n) is 17.1. The molecule has 2 aromatic rings. The first-order valence-electron chi connectivity index (χ1n) is 10.4. The van der Waals surface area contributed by atoms with Crippen LogP contribution in [0.25, 0.3) is 0 Å². The summed E-state index contributed by atoms with van der Waals surface area (Å²) in [4.78, 5) is 36.2. The maximum atomic E-state index is 12.9. The molecule has 2 aliphatic rings. The maximum Gasteiger partial charge on any atom is 0.241 e. The number of anilines is 2. The molecule has 0 radical (unpaired) electrons. The number of carbonyl (C=O) groups is 2. The van der Waals surface area contributed by atoms with Crippen molar-refractivity contribution in [3.05, 3.63) is 52.6 Å². The zero-order valence-corrected chi connectivity index (χ0v) is 18.6. The number of amides is 2. The van der Waals surface area contributed by atoms with Gasteiger partial charge in [-0.3, -0.25) is 14.5 Å². The molecule has 0 aliphatic carbocycles. The fourth-order valence-corrected chi connectivity index (χ4v) is 4.46. The maximum absolute atomic E-state index is 12.9. The lowest BCUT2D eigenvalue weighted by molar-refractivity contribution is -0.133. The molecule has 4 rings (SSSR count). The summed E-state index contributed by atoms with van der Waals surface area (Å²) in [6, 6.07) is 10.5. The van der Waals surface area contributed by atoms with Gasteiger partial charge in [0, 0.05) is 37.4 Å². The smallest absolute Gasteiger partial charge is 0.241 e. The van der Waals surface area contributed by atoms with E-state index in [9.17, 15) is 9.59 Å². The molecule has 164 valence electrons. The number of likely N-dealkylation sites (tertiary alicyclic amines) is 1. The number of pyridine rings is 1. The van der Waals surface area contributed by atoms with E-state index in [0.717, 1.165) is 31.9 Å². The second-order valence-electron chi connectivity index (χ2n) is 7.80. The Labute approximate surface area is 191 Å². The summed E-state index contributed by atoms with van der Waals surface area (Å²) in [6.45, 7) is 3.77. The molecular formula is C22H25Cl2N5O2. The number of carbonyl (C=O) groups excluding carboxylic acids is 2. The lowest BCUT2D eigenvalue weighted by Crippen LogP contribution is -2.52. The van der Waals surface area contributed by atoms with Crippen LogP contribution in [0.3, 0.4) is 0 Å². The van der Waals surface area contributed by atoms with Crippen molar-refractivity contribution >= 4 is 46.5 Å². The summed E-state index contributed by atoms with van der Waals surface area (Å²) < 4.78 is 0. The Kier molecular flexibility index (Phi) is 6.95. The Morgan fingerprint density at radius 1 is 1.06 bits per heavy atom. The molecule has 2 saturated heterocycles. The number of rotatable bonds is 5. The molecule has 9 heteroatoms. The van der Waals surface area contributed by atoms with Gasteiger partial charge in [-0.15, -0.1) is 0 Å². The molecule has 2 aliphatic heterocycles. The van der Waals surface area contributed by atoms with Gasteiger partial charge in [0.15, 0.2) is 0 Å². The van der Waals surface area contributed by atoms with E-state index in [1.807, 2.05) is 28.0 Å². The van der Waals surface area contributed by atoms with Gasteiger partial charge in [-0.05, 0) is 49.7 Å². The van der Waals surface area contributed by atoms with Crippen molar-refractivity contribution in [1.29, 1.82) is 0 Å². The highest BCUT2D eigenvalue weighted by molar-refractivity contribution is 6.35. The van der Waals surface area contributed by atoms with E-state index in [4.69, 9.17) is 23.2 Å². The second kappa shape index (κ2) is 9.85. The molecule has 7 nitrogen and oxygen atoms in total. The Morgan fingerprint density at radius 3 is 2.61 bits per heavy atom. The predicted octanol–water partition coefficient (Wildman–Crippen LogP) is 3.14. The normalized spacial score (nSPS) is 19.5. The third-order valence-corrected chi connectivity index (χ3v) is 6.36. The molecule has 0 spiro atoms. The highest BCUT2D eigenvalue weighted by Crippen LogP contribution is 2.27. The minimum Gasteiger partial charge on any atom is -0.353 e. The molecule has 2 amide bonds. The van der Waals surface area contributed by atoms with Crippen molar-refractivity contribution in [3.8, 4) is 0 Å². The van der Waals surface area contributed by atoms with Crippen molar-refractivity contribution in [2.45, 2.75) is 18.9 Å². The van der Waals surface area contributed by atoms with Crippen LogP contribution in [0.2, 0.25) is 10.0 Å². The molecule has 2 fully saturated rings.